The van der Waals surface area contributed by atoms with Gasteiger partial charge in [0.05, 0.1) is 11.4 Å². The lowest BCUT2D eigenvalue weighted by Crippen LogP contribution is -2.59. The van der Waals surface area contributed by atoms with E-state index in [4.69, 9.17) is 4.99 Å². The summed E-state index contributed by atoms with van der Waals surface area (Å²) in [6, 6.07) is 10.6. The first-order valence-corrected chi connectivity index (χ1v) is 10.7. The zero-order valence-corrected chi connectivity index (χ0v) is 17.7. The molecule has 0 aromatic heterocycles. The monoisotopic (exact) mass is 379 g/mol. The molecule has 28 heavy (non-hydrogen) atoms. The van der Waals surface area contributed by atoms with Crippen LogP contribution in [0.2, 0.25) is 0 Å². The quantitative estimate of drug-likeness (QED) is 0.756. The molecule has 1 aliphatic carbocycles. The number of aliphatic imine (C=N–C) groups is 1. The summed E-state index contributed by atoms with van der Waals surface area (Å²) in [4.78, 5) is 20.3. The lowest BCUT2D eigenvalue weighted by Gasteiger charge is -2.42. The summed E-state index contributed by atoms with van der Waals surface area (Å²) in [5.41, 5.74) is 4.23. The second kappa shape index (κ2) is 9.22. The minimum absolute atomic E-state index is 0.0962. The molecule has 0 radical (unpaired) electrons. The van der Waals surface area contributed by atoms with Crippen LogP contribution in [0.5, 0.6) is 0 Å². The van der Waals surface area contributed by atoms with Crippen LogP contribution < -0.4 is 5.32 Å². The van der Waals surface area contributed by atoms with Crippen molar-refractivity contribution in [3.63, 3.8) is 0 Å². The number of nitrogens with zero attached hydrogens (tertiary/aromatic N) is 2. The minimum Gasteiger partial charge on any atom is -0.340 e. The highest BCUT2D eigenvalue weighted by Crippen LogP contribution is 2.32. The van der Waals surface area contributed by atoms with Crippen LogP contribution >= 0.6 is 0 Å². The second-order valence-corrected chi connectivity index (χ2v) is 7.75. The maximum atomic E-state index is 12.8. The van der Waals surface area contributed by atoms with Crippen molar-refractivity contribution in [3.8, 4) is 0 Å². The van der Waals surface area contributed by atoms with Crippen molar-refractivity contribution in [2.45, 2.75) is 78.3 Å². The van der Waals surface area contributed by atoms with Gasteiger partial charge in [0, 0.05) is 11.6 Å². The van der Waals surface area contributed by atoms with Gasteiger partial charge in [-0.05, 0) is 45.1 Å². The SMILES string of the molecule is C/C=C1/NC(=O)C(CC)N(C2CCCC2)/C1=N\C(=C(/C)CC)c1ccccc1. The fraction of sp³-hybridized carbons (Fsp3) is 0.500. The Labute approximate surface area is 169 Å². The molecule has 2 fully saturated rings. The summed E-state index contributed by atoms with van der Waals surface area (Å²) in [5, 5.41) is 3.11. The largest absolute Gasteiger partial charge is 0.340 e. The molecule has 2 aliphatic rings. The van der Waals surface area contributed by atoms with Crippen molar-refractivity contribution in [1.82, 2.24) is 10.2 Å². The molecule has 1 aromatic rings. The van der Waals surface area contributed by atoms with E-state index < -0.39 is 0 Å². The molecule has 4 nitrogen and oxygen atoms in total. The highest BCUT2D eigenvalue weighted by molar-refractivity contribution is 6.09. The first kappa shape index (κ1) is 20.4. The molecule has 4 heteroatoms. The third-order valence-electron chi connectivity index (χ3n) is 5.97. The highest BCUT2D eigenvalue weighted by atomic mass is 16.2. The number of nitrogens with one attached hydrogen (secondary N) is 1. The molecule has 1 heterocycles. The number of hydrogen-bond donors (Lipinski definition) is 1. The van der Waals surface area contributed by atoms with Gasteiger partial charge in [-0.1, -0.05) is 63.1 Å². The average molecular weight is 380 g/mol. The highest BCUT2D eigenvalue weighted by Gasteiger charge is 2.39. The van der Waals surface area contributed by atoms with Gasteiger partial charge >= 0.3 is 0 Å². The van der Waals surface area contributed by atoms with Crippen LogP contribution in [0.4, 0.5) is 0 Å². The first-order chi connectivity index (χ1) is 13.6. The number of benzene rings is 1. The summed E-state index contributed by atoms with van der Waals surface area (Å²) >= 11 is 0. The Hall–Kier alpha value is -2.36. The Kier molecular flexibility index (Phi) is 6.71. The molecule has 0 spiro atoms. The van der Waals surface area contributed by atoms with Gasteiger partial charge in [0.2, 0.25) is 5.91 Å². The van der Waals surface area contributed by atoms with Gasteiger partial charge in [-0.15, -0.1) is 0 Å². The van der Waals surface area contributed by atoms with Crippen LogP contribution in [-0.4, -0.2) is 28.7 Å². The summed E-state index contributed by atoms with van der Waals surface area (Å²) in [7, 11) is 0. The van der Waals surface area contributed by atoms with E-state index in [0.717, 1.165) is 48.5 Å². The van der Waals surface area contributed by atoms with E-state index in [1.165, 1.54) is 18.4 Å². The zero-order valence-electron chi connectivity index (χ0n) is 17.7. The second-order valence-electron chi connectivity index (χ2n) is 7.75. The van der Waals surface area contributed by atoms with Crippen LogP contribution in [0, 0.1) is 0 Å². The molecule has 1 aromatic carbocycles. The number of hydrogen-bond acceptors (Lipinski definition) is 2. The number of amides is 1. The molecule has 1 aliphatic heterocycles. The summed E-state index contributed by atoms with van der Waals surface area (Å²) < 4.78 is 0. The van der Waals surface area contributed by atoms with E-state index in [1.807, 2.05) is 19.1 Å². The fourth-order valence-corrected chi connectivity index (χ4v) is 4.27. The Morgan fingerprint density at radius 3 is 2.46 bits per heavy atom. The van der Waals surface area contributed by atoms with Crippen molar-refractivity contribution in [1.29, 1.82) is 0 Å². The molecule has 0 bridgehead atoms. The van der Waals surface area contributed by atoms with E-state index in [-0.39, 0.29) is 11.9 Å². The molecule has 1 saturated carbocycles. The molecular weight excluding hydrogens is 346 g/mol. The summed E-state index contributed by atoms with van der Waals surface area (Å²) in [6.45, 7) is 8.39. The van der Waals surface area contributed by atoms with Crippen molar-refractivity contribution in [2.24, 2.45) is 4.99 Å². The van der Waals surface area contributed by atoms with Gasteiger partial charge in [-0.3, -0.25) is 4.79 Å². The van der Waals surface area contributed by atoms with Crippen LogP contribution in [0.25, 0.3) is 5.70 Å². The van der Waals surface area contributed by atoms with Gasteiger partial charge in [-0.25, -0.2) is 4.99 Å². The Bertz CT molecular complexity index is 785. The molecule has 1 saturated heterocycles. The predicted molar refractivity (Wildman–Crippen MR) is 117 cm³/mol. The van der Waals surface area contributed by atoms with Crippen LogP contribution in [0.15, 0.2) is 52.7 Å². The number of carbonyl (C=O) groups is 1. The first-order valence-electron chi connectivity index (χ1n) is 10.7. The summed E-state index contributed by atoms with van der Waals surface area (Å²) in [6.07, 6.45) is 8.44. The van der Waals surface area contributed by atoms with Crippen molar-refractivity contribution in [3.05, 3.63) is 53.2 Å². The minimum atomic E-state index is -0.149. The molecule has 1 N–H and O–H groups in total. The predicted octanol–water partition coefficient (Wildman–Crippen LogP) is 5.28. The number of rotatable bonds is 5. The smallest absolute Gasteiger partial charge is 0.247 e. The van der Waals surface area contributed by atoms with E-state index in [0.29, 0.717) is 6.04 Å². The maximum absolute atomic E-state index is 12.8. The maximum Gasteiger partial charge on any atom is 0.247 e. The topological polar surface area (TPSA) is 44.7 Å². The van der Waals surface area contributed by atoms with Gasteiger partial charge in [-0.2, -0.15) is 0 Å². The van der Waals surface area contributed by atoms with Crippen LogP contribution in [0.3, 0.4) is 0 Å². The molecule has 1 amide bonds. The Morgan fingerprint density at radius 1 is 1.21 bits per heavy atom. The number of allylic oxidation sites excluding steroid dienone is 2. The standard InChI is InChI=1S/C24H33N3O/c1-5-17(4)22(18-13-9-8-10-14-18)26-23-20(6-2)25-24(28)21(7-3)27(23)19-15-11-12-16-19/h6,8-10,13-14,19,21H,5,7,11-12,15-16H2,1-4H3,(H,25,28)/b20-6+,22-17+,26-23-. The number of amidine groups is 1. The lowest BCUT2D eigenvalue weighted by molar-refractivity contribution is -0.125. The van der Waals surface area contributed by atoms with Crippen molar-refractivity contribution < 1.29 is 4.79 Å². The van der Waals surface area contributed by atoms with Crippen LogP contribution in [-0.2, 0) is 4.79 Å². The van der Waals surface area contributed by atoms with E-state index >= 15 is 0 Å². The summed E-state index contributed by atoms with van der Waals surface area (Å²) in [5.74, 6) is 1.02. The molecule has 1 unspecified atom stereocenters. The van der Waals surface area contributed by atoms with Gasteiger partial charge in [0.25, 0.3) is 0 Å². The van der Waals surface area contributed by atoms with Crippen molar-refractivity contribution >= 4 is 17.4 Å². The average Bonchev–Trinajstić information content (AvgIpc) is 3.26. The lowest BCUT2D eigenvalue weighted by atomic mass is 10.0. The van der Waals surface area contributed by atoms with Crippen molar-refractivity contribution in [2.75, 3.05) is 0 Å². The molecule has 1 atom stereocenters. The molecule has 3 rings (SSSR count). The van der Waals surface area contributed by atoms with Crippen LogP contribution in [0.1, 0.15) is 71.8 Å². The Balaban J connectivity index is 2.15. The third-order valence-corrected chi connectivity index (χ3v) is 5.97. The van der Waals surface area contributed by atoms with Gasteiger partial charge < -0.3 is 10.2 Å². The third kappa shape index (κ3) is 4.06. The molecule has 150 valence electrons. The van der Waals surface area contributed by atoms with E-state index in [1.54, 1.807) is 0 Å². The normalized spacial score (nSPS) is 24.6. The fourth-order valence-electron chi connectivity index (χ4n) is 4.27. The number of piperazine rings is 1. The van der Waals surface area contributed by atoms with E-state index in [2.05, 4.69) is 55.3 Å². The number of carbonyl (C=O) groups excluding carboxylic acids is 1. The molecular formula is C24H33N3O. The Morgan fingerprint density at radius 2 is 1.89 bits per heavy atom. The van der Waals surface area contributed by atoms with E-state index in [9.17, 15) is 4.79 Å². The zero-order chi connectivity index (χ0) is 20.1. The van der Waals surface area contributed by atoms with Gasteiger partial charge in [0.1, 0.15) is 6.04 Å². The van der Waals surface area contributed by atoms with Gasteiger partial charge in [0.15, 0.2) is 5.84 Å².